The number of nitrogens with one attached hydrogen (secondary N) is 1. The van der Waals surface area contributed by atoms with Crippen LogP contribution in [-0.4, -0.2) is 16.7 Å². The van der Waals surface area contributed by atoms with Gasteiger partial charge >= 0.3 is 5.88 Å². The molecular weight excluding hydrogens is 202 g/mol. The minimum absolute atomic E-state index is 0.717. The lowest BCUT2D eigenvalue weighted by Gasteiger charge is -1.96. The first-order valence-electron chi connectivity index (χ1n) is 4.53. The Morgan fingerprint density at radius 1 is 1.53 bits per heavy atom. The quantitative estimate of drug-likeness (QED) is 0.454. The van der Waals surface area contributed by atoms with Gasteiger partial charge in [0.1, 0.15) is 0 Å². The molecule has 0 aliphatic rings. The van der Waals surface area contributed by atoms with Gasteiger partial charge in [0.2, 0.25) is 0 Å². The Bertz CT molecular complexity index is 307. The van der Waals surface area contributed by atoms with Gasteiger partial charge in [-0.05, 0) is 6.92 Å². The number of H-pyrrole nitrogens is 1. The first kappa shape index (κ1) is 13.2. The average molecular weight is 217 g/mol. The number of aryl methyl sites for hydroxylation is 1. The van der Waals surface area contributed by atoms with Gasteiger partial charge in [-0.3, -0.25) is 0 Å². The zero-order valence-corrected chi connectivity index (χ0v) is 9.02. The molecule has 0 spiro atoms. The Hall–Kier alpha value is -1.79. The van der Waals surface area contributed by atoms with Crippen molar-refractivity contribution in [1.82, 2.24) is 4.98 Å². The maximum Gasteiger partial charge on any atom is 0.324 e. The lowest BCUT2D eigenvalue weighted by atomic mass is 10.5. The van der Waals surface area contributed by atoms with Crippen molar-refractivity contribution in [2.24, 2.45) is 7.05 Å². The Kier molecular flexibility index (Phi) is 5.84. The molecule has 1 heterocycles. The van der Waals surface area contributed by atoms with E-state index < -0.39 is 5.09 Å². The van der Waals surface area contributed by atoms with Crippen LogP contribution in [0.15, 0.2) is 6.20 Å². The van der Waals surface area contributed by atoms with Crippen molar-refractivity contribution in [2.45, 2.75) is 20.3 Å². The lowest BCUT2D eigenvalue weighted by molar-refractivity contribution is -0.683. The molecule has 0 atom stereocenters. The SMILES string of the molecule is CCOc1c[nH]c(CC)[n+]1C.O=[N+]([O-])[O-]. The maximum atomic E-state index is 8.25. The number of rotatable bonds is 3. The maximum absolute atomic E-state index is 8.25. The van der Waals surface area contributed by atoms with Crippen LogP contribution >= 0.6 is 0 Å². The van der Waals surface area contributed by atoms with E-state index in [-0.39, 0.29) is 0 Å². The van der Waals surface area contributed by atoms with Crippen LogP contribution in [0.3, 0.4) is 0 Å². The summed E-state index contributed by atoms with van der Waals surface area (Å²) in [6, 6.07) is 0. The summed E-state index contributed by atoms with van der Waals surface area (Å²) in [4.78, 5) is 11.4. The van der Waals surface area contributed by atoms with Crippen LogP contribution in [0.4, 0.5) is 0 Å². The molecule has 0 fully saturated rings. The third-order valence-electron chi connectivity index (χ3n) is 1.72. The van der Waals surface area contributed by atoms with Gasteiger partial charge in [-0.15, -0.1) is 0 Å². The van der Waals surface area contributed by atoms with E-state index in [1.54, 1.807) is 0 Å². The fraction of sp³-hybridized carbons (Fsp3) is 0.625. The smallest absolute Gasteiger partial charge is 0.324 e. The van der Waals surface area contributed by atoms with Crippen LogP contribution in [0.2, 0.25) is 0 Å². The van der Waals surface area contributed by atoms with Crippen molar-refractivity contribution in [1.29, 1.82) is 0 Å². The van der Waals surface area contributed by atoms with E-state index in [9.17, 15) is 0 Å². The Morgan fingerprint density at radius 2 is 2.07 bits per heavy atom. The zero-order valence-electron chi connectivity index (χ0n) is 9.02. The topological polar surface area (TPSA) is 95.1 Å². The van der Waals surface area contributed by atoms with E-state index in [1.165, 1.54) is 5.82 Å². The predicted octanol–water partition coefficient (Wildman–Crippen LogP) is 0.561. The molecule has 1 N–H and O–H groups in total. The number of hydrogen-bond donors (Lipinski definition) is 1. The molecule has 15 heavy (non-hydrogen) atoms. The average Bonchev–Trinajstić information content (AvgIpc) is 2.48. The normalized spacial score (nSPS) is 9.00. The molecule has 1 rings (SSSR count). The molecule has 0 aliphatic heterocycles. The molecule has 0 unspecified atom stereocenters. The van der Waals surface area contributed by atoms with E-state index >= 15 is 0 Å². The lowest BCUT2D eigenvalue weighted by Crippen LogP contribution is -2.32. The summed E-state index contributed by atoms with van der Waals surface area (Å²) in [5, 5.41) is 14.8. The molecule has 1 aromatic heterocycles. The number of imidazole rings is 1. The molecule has 0 aliphatic carbocycles. The van der Waals surface area contributed by atoms with Gasteiger partial charge in [-0.2, -0.15) is 0 Å². The van der Waals surface area contributed by atoms with Gasteiger partial charge in [0, 0.05) is 6.42 Å². The highest BCUT2D eigenvalue weighted by molar-refractivity contribution is 4.96. The summed E-state index contributed by atoms with van der Waals surface area (Å²) < 4.78 is 7.38. The molecule has 0 saturated carbocycles. The van der Waals surface area contributed by atoms with Crippen molar-refractivity contribution < 1.29 is 14.4 Å². The van der Waals surface area contributed by atoms with Crippen LogP contribution in [0.1, 0.15) is 19.7 Å². The first-order valence-corrected chi connectivity index (χ1v) is 4.53. The number of nitrogens with zero attached hydrogens (tertiary/aromatic N) is 2. The third-order valence-corrected chi connectivity index (χ3v) is 1.72. The highest BCUT2D eigenvalue weighted by Crippen LogP contribution is 2.02. The first-order chi connectivity index (χ1) is 7.02. The molecule has 0 radical (unpaired) electrons. The van der Waals surface area contributed by atoms with E-state index in [1.807, 2.05) is 24.7 Å². The minimum atomic E-state index is -1.75. The van der Waals surface area contributed by atoms with Gasteiger partial charge in [-0.1, -0.05) is 6.92 Å². The van der Waals surface area contributed by atoms with Crippen molar-refractivity contribution in [3.63, 3.8) is 0 Å². The Morgan fingerprint density at radius 3 is 2.40 bits per heavy atom. The Balaban J connectivity index is 0.000000423. The monoisotopic (exact) mass is 217 g/mol. The minimum Gasteiger partial charge on any atom is -0.460 e. The summed E-state index contributed by atoms with van der Waals surface area (Å²) in [6.45, 7) is 4.81. The van der Waals surface area contributed by atoms with Crippen molar-refractivity contribution >= 4 is 0 Å². The molecule has 86 valence electrons. The van der Waals surface area contributed by atoms with E-state index in [4.69, 9.17) is 20.1 Å². The third kappa shape index (κ3) is 4.84. The fourth-order valence-electron chi connectivity index (χ4n) is 1.10. The second-order valence-corrected chi connectivity index (χ2v) is 2.64. The second kappa shape index (κ2) is 6.63. The molecule has 0 amide bonds. The van der Waals surface area contributed by atoms with Crippen LogP contribution in [0.25, 0.3) is 0 Å². The molecule has 0 bridgehead atoms. The highest BCUT2D eigenvalue weighted by Gasteiger charge is 2.11. The summed E-state index contributed by atoms with van der Waals surface area (Å²) in [6.07, 6.45) is 2.89. The van der Waals surface area contributed by atoms with Crippen molar-refractivity contribution in [3.8, 4) is 5.88 Å². The number of aromatic amines is 1. The highest BCUT2D eigenvalue weighted by atomic mass is 16.9. The number of hydrogen-bond acceptors (Lipinski definition) is 4. The molecule has 0 saturated heterocycles. The van der Waals surface area contributed by atoms with Gasteiger partial charge in [0.25, 0.3) is 5.82 Å². The second-order valence-electron chi connectivity index (χ2n) is 2.64. The zero-order chi connectivity index (χ0) is 11.8. The van der Waals surface area contributed by atoms with Gasteiger partial charge in [0.05, 0.1) is 18.7 Å². The largest absolute Gasteiger partial charge is 0.460 e. The fourth-order valence-corrected chi connectivity index (χ4v) is 1.10. The van der Waals surface area contributed by atoms with Crippen molar-refractivity contribution in [2.75, 3.05) is 6.61 Å². The molecule has 0 aromatic carbocycles. The van der Waals surface area contributed by atoms with Gasteiger partial charge in [0.15, 0.2) is 6.20 Å². The standard InChI is InChI=1S/C8H14N2O.NO3/c1-4-7-9-6-8(10(7)3)11-5-2;2-1(3)4/h6H,4-5H2,1-3H3;/q;-1/p+1. The summed E-state index contributed by atoms with van der Waals surface area (Å²) in [5.41, 5.74) is 0. The molecule has 7 nitrogen and oxygen atoms in total. The number of aromatic nitrogens is 2. The van der Waals surface area contributed by atoms with Crippen molar-refractivity contribution in [3.05, 3.63) is 27.3 Å². The van der Waals surface area contributed by atoms with E-state index in [0.29, 0.717) is 0 Å². The summed E-state index contributed by atoms with van der Waals surface area (Å²) >= 11 is 0. The van der Waals surface area contributed by atoms with Crippen LogP contribution in [0, 0.1) is 15.3 Å². The van der Waals surface area contributed by atoms with E-state index in [0.717, 1.165) is 18.9 Å². The molecule has 7 heteroatoms. The summed E-state index contributed by atoms with van der Waals surface area (Å²) in [7, 11) is 2.00. The molecular formula is C8H15N3O4. The van der Waals surface area contributed by atoms with Gasteiger partial charge in [-0.25, -0.2) is 9.55 Å². The van der Waals surface area contributed by atoms with Crippen LogP contribution in [0.5, 0.6) is 5.88 Å². The number of ether oxygens (including phenoxy) is 1. The van der Waals surface area contributed by atoms with Crippen LogP contribution < -0.4 is 9.30 Å². The Labute approximate surface area is 87.4 Å². The van der Waals surface area contributed by atoms with Crippen LogP contribution in [-0.2, 0) is 13.5 Å². The summed E-state index contributed by atoms with van der Waals surface area (Å²) in [5.74, 6) is 2.10. The van der Waals surface area contributed by atoms with E-state index in [2.05, 4.69) is 11.9 Å². The molecule has 1 aromatic rings. The van der Waals surface area contributed by atoms with Gasteiger partial charge < -0.3 is 20.1 Å². The predicted molar refractivity (Wildman–Crippen MR) is 52.9 cm³/mol.